The molecule has 0 heterocycles. The topological polar surface area (TPSA) is 17.1 Å². The monoisotopic (exact) mass is 144 g/mol. The summed E-state index contributed by atoms with van der Waals surface area (Å²) in [4.78, 5) is 10.4. The van der Waals surface area contributed by atoms with E-state index in [4.69, 9.17) is 0 Å². The number of carbonyl (C=O) groups excluding carboxylic acids is 1. The summed E-state index contributed by atoms with van der Waals surface area (Å²) in [6, 6.07) is 0. The van der Waals surface area contributed by atoms with Crippen LogP contribution < -0.4 is 0 Å². The van der Waals surface area contributed by atoms with E-state index in [1.165, 1.54) is 13.8 Å². The van der Waals surface area contributed by atoms with Gasteiger partial charge in [-0.15, -0.1) is 0 Å². The predicted octanol–water partition coefficient (Wildman–Crippen LogP) is 2.10. The Kier molecular flexibility index (Phi) is 1.57. The standard InChI is InChI=1S/C8H13FO/c1-7(2,9)5-8(6-10)3-4-8/h6H,3-5H2,1-2H3. The van der Waals surface area contributed by atoms with Crippen molar-refractivity contribution >= 4 is 6.29 Å². The molecule has 1 saturated carbocycles. The quantitative estimate of drug-likeness (QED) is 0.554. The lowest BCUT2D eigenvalue weighted by molar-refractivity contribution is -0.113. The molecule has 0 aromatic rings. The van der Waals surface area contributed by atoms with Gasteiger partial charge in [0.25, 0.3) is 0 Å². The van der Waals surface area contributed by atoms with Gasteiger partial charge >= 0.3 is 0 Å². The van der Waals surface area contributed by atoms with Crippen LogP contribution in [0.4, 0.5) is 4.39 Å². The third kappa shape index (κ3) is 1.79. The highest BCUT2D eigenvalue weighted by Crippen LogP contribution is 2.50. The highest BCUT2D eigenvalue weighted by molar-refractivity contribution is 5.63. The third-order valence-electron chi connectivity index (χ3n) is 1.91. The van der Waals surface area contributed by atoms with Gasteiger partial charge in [-0.3, -0.25) is 0 Å². The summed E-state index contributed by atoms with van der Waals surface area (Å²) in [5, 5.41) is 0. The number of hydrogen-bond donors (Lipinski definition) is 0. The molecule has 0 N–H and O–H groups in total. The van der Waals surface area contributed by atoms with Crippen LogP contribution >= 0.6 is 0 Å². The molecular weight excluding hydrogens is 131 g/mol. The van der Waals surface area contributed by atoms with E-state index in [0.717, 1.165) is 19.1 Å². The third-order valence-corrected chi connectivity index (χ3v) is 1.91. The van der Waals surface area contributed by atoms with Crippen molar-refractivity contribution in [2.75, 3.05) is 0 Å². The molecule has 0 aromatic heterocycles. The smallest absolute Gasteiger partial charge is 0.126 e. The molecule has 0 bridgehead atoms. The Labute approximate surface area is 60.6 Å². The Hall–Kier alpha value is -0.400. The molecule has 0 amide bonds. The lowest BCUT2D eigenvalue weighted by atomic mass is 9.94. The molecule has 1 aliphatic rings. The summed E-state index contributed by atoms with van der Waals surface area (Å²) in [6.07, 6.45) is 3.06. The second kappa shape index (κ2) is 2.04. The highest BCUT2D eigenvalue weighted by Gasteiger charge is 2.46. The molecule has 1 fully saturated rings. The first-order valence-corrected chi connectivity index (χ1v) is 3.63. The number of halogens is 1. The normalized spacial score (nSPS) is 22.3. The van der Waals surface area contributed by atoms with E-state index in [9.17, 15) is 9.18 Å². The summed E-state index contributed by atoms with van der Waals surface area (Å²) in [5.74, 6) is 0. The van der Waals surface area contributed by atoms with E-state index in [2.05, 4.69) is 0 Å². The van der Waals surface area contributed by atoms with E-state index in [-0.39, 0.29) is 5.41 Å². The second-order valence-electron chi connectivity index (χ2n) is 3.88. The largest absolute Gasteiger partial charge is 0.303 e. The number of hydrogen-bond acceptors (Lipinski definition) is 1. The fourth-order valence-electron chi connectivity index (χ4n) is 1.33. The van der Waals surface area contributed by atoms with Crippen molar-refractivity contribution in [3.05, 3.63) is 0 Å². The minimum absolute atomic E-state index is 0.280. The molecule has 0 radical (unpaired) electrons. The van der Waals surface area contributed by atoms with Gasteiger partial charge in [0.15, 0.2) is 0 Å². The van der Waals surface area contributed by atoms with Crippen molar-refractivity contribution in [2.45, 2.75) is 38.8 Å². The molecule has 0 saturated heterocycles. The minimum atomic E-state index is -1.18. The van der Waals surface area contributed by atoms with Crippen LogP contribution in [-0.2, 0) is 4.79 Å². The zero-order chi connectivity index (χ0) is 7.83. The van der Waals surface area contributed by atoms with E-state index in [1.807, 2.05) is 0 Å². The molecule has 1 rings (SSSR count). The first-order chi connectivity index (χ1) is 4.47. The molecule has 1 aliphatic carbocycles. The highest BCUT2D eigenvalue weighted by atomic mass is 19.1. The van der Waals surface area contributed by atoms with Crippen LogP contribution in [0.25, 0.3) is 0 Å². The first kappa shape index (κ1) is 7.70. The molecule has 2 heteroatoms. The minimum Gasteiger partial charge on any atom is -0.303 e. The summed E-state index contributed by atoms with van der Waals surface area (Å²) in [6.45, 7) is 3.05. The zero-order valence-electron chi connectivity index (χ0n) is 6.48. The number of aldehydes is 1. The number of carbonyl (C=O) groups is 1. The van der Waals surface area contributed by atoms with Crippen molar-refractivity contribution in [2.24, 2.45) is 5.41 Å². The van der Waals surface area contributed by atoms with Gasteiger partial charge < -0.3 is 4.79 Å². The predicted molar refractivity (Wildman–Crippen MR) is 37.5 cm³/mol. The molecule has 1 nitrogen and oxygen atoms in total. The Morgan fingerprint density at radius 2 is 2.10 bits per heavy atom. The van der Waals surface area contributed by atoms with E-state index < -0.39 is 5.67 Å². The second-order valence-corrected chi connectivity index (χ2v) is 3.88. The van der Waals surface area contributed by atoms with Crippen molar-refractivity contribution < 1.29 is 9.18 Å². The SMILES string of the molecule is CC(C)(F)CC1(C=O)CC1. The van der Waals surface area contributed by atoms with Gasteiger partial charge in [0.1, 0.15) is 12.0 Å². The molecule has 0 atom stereocenters. The van der Waals surface area contributed by atoms with Crippen molar-refractivity contribution in [1.82, 2.24) is 0 Å². The van der Waals surface area contributed by atoms with Crippen LogP contribution in [0.1, 0.15) is 33.1 Å². The van der Waals surface area contributed by atoms with Gasteiger partial charge in [-0.2, -0.15) is 0 Å². The average molecular weight is 144 g/mol. The van der Waals surface area contributed by atoms with E-state index >= 15 is 0 Å². The molecule has 0 unspecified atom stereocenters. The Morgan fingerprint density at radius 1 is 1.60 bits per heavy atom. The molecule has 58 valence electrons. The van der Waals surface area contributed by atoms with E-state index in [1.54, 1.807) is 0 Å². The van der Waals surface area contributed by atoms with Gasteiger partial charge in [0.05, 0.1) is 0 Å². The van der Waals surface area contributed by atoms with Crippen molar-refractivity contribution in [3.63, 3.8) is 0 Å². The van der Waals surface area contributed by atoms with Gasteiger partial charge in [0.2, 0.25) is 0 Å². The van der Waals surface area contributed by atoms with Crippen molar-refractivity contribution in [1.29, 1.82) is 0 Å². The molecule has 0 aromatic carbocycles. The maximum absolute atomic E-state index is 13.0. The Morgan fingerprint density at radius 3 is 2.20 bits per heavy atom. The van der Waals surface area contributed by atoms with Crippen LogP contribution in [0.15, 0.2) is 0 Å². The molecule has 10 heavy (non-hydrogen) atoms. The molecule has 0 spiro atoms. The van der Waals surface area contributed by atoms with Crippen LogP contribution in [-0.4, -0.2) is 12.0 Å². The first-order valence-electron chi connectivity index (χ1n) is 3.63. The van der Waals surface area contributed by atoms with Crippen LogP contribution in [0.2, 0.25) is 0 Å². The van der Waals surface area contributed by atoms with Gasteiger partial charge in [0, 0.05) is 5.41 Å². The maximum Gasteiger partial charge on any atom is 0.126 e. The summed E-state index contributed by atoms with van der Waals surface area (Å²) >= 11 is 0. The van der Waals surface area contributed by atoms with Crippen LogP contribution in [0.5, 0.6) is 0 Å². The van der Waals surface area contributed by atoms with Crippen molar-refractivity contribution in [3.8, 4) is 0 Å². The summed E-state index contributed by atoms with van der Waals surface area (Å²) < 4.78 is 13.0. The summed E-state index contributed by atoms with van der Waals surface area (Å²) in [7, 11) is 0. The maximum atomic E-state index is 13.0. The number of alkyl halides is 1. The lowest BCUT2D eigenvalue weighted by Crippen LogP contribution is -2.19. The Balaban J connectivity index is 2.45. The Bertz CT molecular complexity index is 142. The number of rotatable bonds is 3. The van der Waals surface area contributed by atoms with Gasteiger partial charge in [-0.05, 0) is 33.1 Å². The zero-order valence-corrected chi connectivity index (χ0v) is 6.48. The fourth-order valence-corrected chi connectivity index (χ4v) is 1.33. The van der Waals surface area contributed by atoms with Crippen LogP contribution in [0, 0.1) is 5.41 Å². The summed E-state index contributed by atoms with van der Waals surface area (Å²) in [5.41, 5.74) is -1.46. The molecular formula is C8H13FO. The molecule has 0 aliphatic heterocycles. The van der Waals surface area contributed by atoms with E-state index in [0.29, 0.717) is 6.42 Å². The van der Waals surface area contributed by atoms with Gasteiger partial charge in [-0.25, -0.2) is 4.39 Å². The lowest BCUT2D eigenvalue weighted by Gasteiger charge is -2.17. The van der Waals surface area contributed by atoms with Crippen LogP contribution in [0.3, 0.4) is 0 Å². The fraction of sp³-hybridized carbons (Fsp3) is 0.875. The van der Waals surface area contributed by atoms with Gasteiger partial charge in [-0.1, -0.05) is 0 Å². The average Bonchev–Trinajstić information content (AvgIpc) is 2.45.